The van der Waals surface area contributed by atoms with Crippen LogP contribution in [0.15, 0.2) is 5.38 Å². The summed E-state index contributed by atoms with van der Waals surface area (Å²) >= 11 is 1.23. The van der Waals surface area contributed by atoms with Crippen LogP contribution >= 0.6 is 11.3 Å². The van der Waals surface area contributed by atoms with Crippen molar-refractivity contribution in [1.29, 1.82) is 0 Å². The Balaban J connectivity index is 1.98. The van der Waals surface area contributed by atoms with Gasteiger partial charge in [0.25, 0.3) is 5.91 Å². The monoisotopic (exact) mass is 271 g/mol. The van der Waals surface area contributed by atoms with E-state index in [0.29, 0.717) is 36.9 Å². The number of ether oxygens (including phenoxy) is 1. The van der Waals surface area contributed by atoms with Gasteiger partial charge in [0, 0.05) is 45.0 Å². The van der Waals surface area contributed by atoms with E-state index in [0.717, 1.165) is 0 Å². The Morgan fingerprint density at radius 3 is 2.89 bits per heavy atom. The molecular weight excluding hydrogens is 254 g/mol. The number of hydrogen-bond donors (Lipinski definition) is 2. The van der Waals surface area contributed by atoms with E-state index < -0.39 is 5.60 Å². The van der Waals surface area contributed by atoms with Gasteiger partial charge in [-0.25, -0.2) is 4.98 Å². The number of hydrogen-bond acceptors (Lipinski definition) is 6. The Morgan fingerprint density at radius 1 is 1.67 bits per heavy atom. The Bertz CT molecular complexity index is 429. The third kappa shape index (κ3) is 2.98. The smallest absolute Gasteiger partial charge is 0.273 e. The quantitative estimate of drug-likeness (QED) is 0.827. The molecule has 1 amide bonds. The van der Waals surface area contributed by atoms with E-state index in [9.17, 15) is 9.90 Å². The SMILES string of the molecule is CN(CC1(O)CCOCC1)C(=O)c1csc(N)n1. The van der Waals surface area contributed by atoms with E-state index in [1.54, 1.807) is 12.4 Å². The maximum absolute atomic E-state index is 12.0. The molecular formula is C11H17N3O3S. The number of thiazole rings is 1. The molecule has 1 aromatic heterocycles. The zero-order chi connectivity index (χ0) is 13.2. The lowest BCUT2D eigenvalue weighted by molar-refractivity contribution is -0.0734. The van der Waals surface area contributed by atoms with Crippen LogP contribution in [0, 0.1) is 0 Å². The highest BCUT2D eigenvalue weighted by molar-refractivity contribution is 7.13. The second-order valence-electron chi connectivity index (χ2n) is 4.57. The van der Waals surface area contributed by atoms with Crippen LogP contribution < -0.4 is 5.73 Å². The third-order valence-corrected chi connectivity index (χ3v) is 3.72. The van der Waals surface area contributed by atoms with Gasteiger partial charge >= 0.3 is 0 Å². The molecule has 1 saturated heterocycles. The summed E-state index contributed by atoms with van der Waals surface area (Å²) in [7, 11) is 1.66. The van der Waals surface area contributed by atoms with Crippen molar-refractivity contribution in [2.24, 2.45) is 0 Å². The molecule has 100 valence electrons. The number of nitrogen functional groups attached to an aromatic ring is 1. The number of aliphatic hydroxyl groups is 1. The second-order valence-corrected chi connectivity index (χ2v) is 5.46. The summed E-state index contributed by atoms with van der Waals surface area (Å²) in [4.78, 5) is 17.5. The number of aromatic nitrogens is 1. The first kappa shape index (κ1) is 13.3. The first-order chi connectivity index (χ1) is 8.50. The molecule has 0 bridgehead atoms. The van der Waals surface area contributed by atoms with E-state index in [1.807, 2.05) is 0 Å². The molecule has 0 aliphatic carbocycles. The molecule has 1 aromatic rings. The average molecular weight is 271 g/mol. The molecule has 6 nitrogen and oxygen atoms in total. The molecule has 0 radical (unpaired) electrons. The summed E-state index contributed by atoms with van der Waals surface area (Å²) in [6.07, 6.45) is 1.09. The van der Waals surface area contributed by atoms with Gasteiger partial charge in [-0.15, -0.1) is 11.3 Å². The van der Waals surface area contributed by atoms with Crippen molar-refractivity contribution in [2.75, 3.05) is 32.5 Å². The van der Waals surface area contributed by atoms with Crippen LogP contribution in [-0.4, -0.2) is 53.3 Å². The topological polar surface area (TPSA) is 88.7 Å². The van der Waals surface area contributed by atoms with Crippen LogP contribution in [0.4, 0.5) is 5.13 Å². The van der Waals surface area contributed by atoms with Gasteiger partial charge in [0.1, 0.15) is 5.69 Å². The van der Waals surface area contributed by atoms with E-state index >= 15 is 0 Å². The van der Waals surface area contributed by atoms with E-state index in [4.69, 9.17) is 10.5 Å². The zero-order valence-electron chi connectivity index (χ0n) is 10.3. The lowest BCUT2D eigenvalue weighted by atomic mass is 9.94. The summed E-state index contributed by atoms with van der Waals surface area (Å²) < 4.78 is 5.20. The highest BCUT2D eigenvalue weighted by atomic mass is 32.1. The Morgan fingerprint density at radius 2 is 2.33 bits per heavy atom. The summed E-state index contributed by atoms with van der Waals surface area (Å²) in [6, 6.07) is 0. The highest BCUT2D eigenvalue weighted by Crippen LogP contribution is 2.22. The number of rotatable bonds is 3. The molecule has 3 N–H and O–H groups in total. The van der Waals surface area contributed by atoms with Crippen molar-refractivity contribution in [1.82, 2.24) is 9.88 Å². The van der Waals surface area contributed by atoms with Crippen molar-refractivity contribution in [3.8, 4) is 0 Å². The molecule has 7 heteroatoms. The molecule has 1 fully saturated rings. The number of nitrogens with zero attached hydrogens (tertiary/aromatic N) is 2. The van der Waals surface area contributed by atoms with Gasteiger partial charge in [-0.05, 0) is 0 Å². The molecule has 1 aliphatic heterocycles. The third-order valence-electron chi connectivity index (χ3n) is 3.04. The van der Waals surface area contributed by atoms with Crippen molar-refractivity contribution in [2.45, 2.75) is 18.4 Å². The first-order valence-corrected chi connectivity index (χ1v) is 6.65. The van der Waals surface area contributed by atoms with Crippen molar-refractivity contribution >= 4 is 22.4 Å². The van der Waals surface area contributed by atoms with Crippen LogP contribution in [0.25, 0.3) is 0 Å². The van der Waals surface area contributed by atoms with Crippen LogP contribution in [0.5, 0.6) is 0 Å². The summed E-state index contributed by atoms with van der Waals surface area (Å²) in [5.41, 5.74) is 4.97. The minimum atomic E-state index is -0.857. The predicted molar refractivity (Wildman–Crippen MR) is 68.5 cm³/mol. The number of carbonyl (C=O) groups excluding carboxylic acids is 1. The predicted octanol–water partition coefficient (Wildman–Crippen LogP) is 0.339. The summed E-state index contributed by atoms with van der Waals surface area (Å²) in [6.45, 7) is 1.34. The molecule has 0 unspecified atom stereocenters. The fraction of sp³-hybridized carbons (Fsp3) is 0.636. The van der Waals surface area contributed by atoms with Gasteiger partial charge in [-0.1, -0.05) is 0 Å². The van der Waals surface area contributed by atoms with Crippen molar-refractivity contribution in [3.05, 3.63) is 11.1 Å². The van der Waals surface area contributed by atoms with Gasteiger partial charge in [0.2, 0.25) is 0 Å². The number of amides is 1. The molecule has 0 aromatic carbocycles. The Kier molecular flexibility index (Phi) is 3.84. The molecule has 0 saturated carbocycles. The van der Waals surface area contributed by atoms with Gasteiger partial charge < -0.3 is 20.5 Å². The molecule has 0 spiro atoms. The number of likely N-dealkylation sites (N-methyl/N-ethyl adjacent to an activating group) is 1. The Hall–Kier alpha value is -1.18. The standard InChI is InChI=1S/C11H17N3O3S/c1-14(7-11(16)2-4-17-5-3-11)9(15)8-6-18-10(12)13-8/h6,16H,2-5,7H2,1H3,(H2,12,13). The van der Waals surface area contributed by atoms with Gasteiger partial charge in [0.05, 0.1) is 5.60 Å². The normalized spacial score (nSPS) is 18.6. The minimum absolute atomic E-state index is 0.220. The maximum atomic E-state index is 12.0. The van der Waals surface area contributed by atoms with Crippen molar-refractivity contribution < 1.29 is 14.6 Å². The van der Waals surface area contributed by atoms with Crippen LogP contribution in [0.2, 0.25) is 0 Å². The number of carbonyl (C=O) groups is 1. The number of nitrogens with two attached hydrogens (primary N) is 1. The maximum Gasteiger partial charge on any atom is 0.273 e. The molecule has 2 heterocycles. The van der Waals surface area contributed by atoms with Crippen LogP contribution in [0.3, 0.4) is 0 Å². The van der Waals surface area contributed by atoms with Crippen LogP contribution in [-0.2, 0) is 4.74 Å². The zero-order valence-corrected chi connectivity index (χ0v) is 11.1. The van der Waals surface area contributed by atoms with E-state index in [-0.39, 0.29) is 12.5 Å². The molecule has 2 rings (SSSR count). The summed E-state index contributed by atoms with van der Waals surface area (Å²) in [5, 5.41) is 12.3. The van der Waals surface area contributed by atoms with Crippen molar-refractivity contribution in [3.63, 3.8) is 0 Å². The highest BCUT2D eigenvalue weighted by Gasteiger charge is 2.32. The van der Waals surface area contributed by atoms with Crippen LogP contribution in [0.1, 0.15) is 23.3 Å². The van der Waals surface area contributed by atoms with E-state index in [1.165, 1.54) is 16.2 Å². The van der Waals surface area contributed by atoms with E-state index in [2.05, 4.69) is 4.98 Å². The molecule has 18 heavy (non-hydrogen) atoms. The molecule has 0 atom stereocenters. The molecule has 1 aliphatic rings. The minimum Gasteiger partial charge on any atom is -0.388 e. The lowest BCUT2D eigenvalue weighted by Crippen LogP contribution is -2.47. The number of anilines is 1. The Labute approximate surface area is 109 Å². The second kappa shape index (κ2) is 5.21. The average Bonchev–Trinajstić information content (AvgIpc) is 2.75. The van der Waals surface area contributed by atoms with Gasteiger partial charge in [0.15, 0.2) is 5.13 Å². The van der Waals surface area contributed by atoms with Gasteiger partial charge in [-0.3, -0.25) is 4.79 Å². The fourth-order valence-corrected chi connectivity index (χ4v) is 2.54. The largest absolute Gasteiger partial charge is 0.388 e. The van der Waals surface area contributed by atoms with Gasteiger partial charge in [-0.2, -0.15) is 0 Å². The first-order valence-electron chi connectivity index (χ1n) is 5.77. The lowest BCUT2D eigenvalue weighted by Gasteiger charge is -2.35. The fourth-order valence-electron chi connectivity index (χ4n) is 2.00. The summed E-state index contributed by atoms with van der Waals surface area (Å²) in [5.74, 6) is -0.220.